The molecule has 0 aromatic carbocycles. The number of carbonyl (C=O) groups is 3. The van der Waals surface area contributed by atoms with E-state index in [0.29, 0.717) is 6.61 Å². The first-order valence-corrected chi connectivity index (χ1v) is 5.74. The molecule has 0 saturated carbocycles. The van der Waals surface area contributed by atoms with Crippen molar-refractivity contribution < 1.29 is 23.9 Å². The van der Waals surface area contributed by atoms with Gasteiger partial charge in [-0.05, 0) is 13.8 Å². The standard InChI is InChI=1S/C11H18N2O5/c1-7(2)12-9(14)8-6-18-5-4-13(8)10(15)11(16)17-3/h7-8H,4-6H2,1-3H3,(H,12,14). The molecule has 18 heavy (non-hydrogen) atoms. The molecule has 0 bridgehead atoms. The molecule has 1 unspecified atom stereocenters. The second-order valence-electron chi connectivity index (χ2n) is 4.24. The molecule has 1 N–H and O–H groups in total. The van der Waals surface area contributed by atoms with Gasteiger partial charge in [0.05, 0.1) is 20.3 Å². The van der Waals surface area contributed by atoms with Crippen molar-refractivity contribution in [1.29, 1.82) is 0 Å². The third-order valence-electron chi connectivity index (χ3n) is 2.48. The summed E-state index contributed by atoms with van der Waals surface area (Å²) in [5, 5.41) is 2.69. The Morgan fingerprint density at radius 2 is 2.06 bits per heavy atom. The summed E-state index contributed by atoms with van der Waals surface area (Å²) in [5.74, 6) is -2.12. The van der Waals surface area contributed by atoms with Gasteiger partial charge in [-0.25, -0.2) is 4.79 Å². The number of ether oxygens (including phenoxy) is 2. The molecule has 1 atom stereocenters. The van der Waals surface area contributed by atoms with Gasteiger partial charge in [-0.1, -0.05) is 0 Å². The topological polar surface area (TPSA) is 84.9 Å². The molecule has 7 nitrogen and oxygen atoms in total. The Morgan fingerprint density at radius 3 is 2.61 bits per heavy atom. The van der Waals surface area contributed by atoms with Gasteiger partial charge in [0.15, 0.2) is 0 Å². The number of hydrogen-bond acceptors (Lipinski definition) is 5. The molecule has 0 aromatic heterocycles. The van der Waals surface area contributed by atoms with E-state index in [-0.39, 0.29) is 25.1 Å². The summed E-state index contributed by atoms with van der Waals surface area (Å²) >= 11 is 0. The van der Waals surface area contributed by atoms with Crippen molar-refractivity contribution in [2.75, 3.05) is 26.9 Å². The quantitative estimate of drug-likeness (QED) is 0.502. The molecule has 1 rings (SSSR count). The molecule has 0 spiro atoms. The Balaban J connectivity index is 2.76. The Bertz CT molecular complexity index is 342. The maximum atomic E-state index is 11.9. The van der Waals surface area contributed by atoms with Crippen LogP contribution in [0, 0.1) is 0 Å². The van der Waals surface area contributed by atoms with Crippen LogP contribution in [0.2, 0.25) is 0 Å². The van der Waals surface area contributed by atoms with Crippen LogP contribution in [0.1, 0.15) is 13.8 Å². The van der Waals surface area contributed by atoms with Gasteiger partial charge in [0.1, 0.15) is 6.04 Å². The van der Waals surface area contributed by atoms with Crippen molar-refractivity contribution in [3.05, 3.63) is 0 Å². The van der Waals surface area contributed by atoms with Crippen molar-refractivity contribution in [3.8, 4) is 0 Å². The van der Waals surface area contributed by atoms with Gasteiger partial charge in [0.2, 0.25) is 5.91 Å². The van der Waals surface area contributed by atoms with E-state index >= 15 is 0 Å². The number of nitrogens with zero attached hydrogens (tertiary/aromatic N) is 1. The van der Waals surface area contributed by atoms with Gasteiger partial charge in [0, 0.05) is 12.6 Å². The van der Waals surface area contributed by atoms with E-state index in [1.807, 2.05) is 13.8 Å². The molecule has 1 heterocycles. The number of morpholine rings is 1. The Labute approximate surface area is 105 Å². The van der Waals surface area contributed by atoms with E-state index in [1.165, 1.54) is 4.90 Å². The van der Waals surface area contributed by atoms with E-state index in [9.17, 15) is 14.4 Å². The van der Waals surface area contributed by atoms with Crippen LogP contribution in [0.15, 0.2) is 0 Å². The third kappa shape index (κ3) is 3.43. The minimum atomic E-state index is -0.973. The van der Waals surface area contributed by atoms with Crippen molar-refractivity contribution in [2.45, 2.75) is 25.9 Å². The second-order valence-corrected chi connectivity index (χ2v) is 4.24. The SMILES string of the molecule is COC(=O)C(=O)N1CCOCC1C(=O)NC(C)C. The lowest BCUT2D eigenvalue weighted by atomic mass is 10.2. The zero-order chi connectivity index (χ0) is 13.7. The minimum Gasteiger partial charge on any atom is -0.462 e. The number of carbonyl (C=O) groups excluding carboxylic acids is 3. The van der Waals surface area contributed by atoms with Gasteiger partial charge in [-0.15, -0.1) is 0 Å². The van der Waals surface area contributed by atoms with Crippen LogP contribution in [0.25, 0.3) is 0 Å². The van der Waals surface area contributed by atoms with Crippen molar-refractivity contribution in [3.63, 3.8) is 0 Å². The van der Waals surface area contributed by atoms with Crippen LogP contribution >= 0.6 is 0 Å². The first-order chi connectivity index (χ1) is 8.47. The summed E-state index contributed by atoms with van der Waals surface area (Å²) in [7, 11) is 1.13. The minimum absolute atomic E-state index is 0.0468. The lowest BCUT2D eigenvalue weighted by Gasteiger charge is -2.34. The summed E-state index contributed by atoms with van der Waals surface area (Å²) in [6.45, 7) is 4.21. The highest BCUT2D eigenvalue weighted by atomic mass is 16.5. The van der Waals surface area contributed by atoms with Gasteiger partial charge in [-0.2, -0.15) is 0 Å². The van der Waals surface area contributed by atoms with E-state index in [0.717, 1.165) is 7.11 Å². The first kappa shape index (κ1) is 14.4. The molecule has 1 aliphatic heterocycles. The fourth-order valence-electron chi connectivity index (χ4n) is 1.65. The Hall–Kier alpha value is -1.63. The second kappa shape index (κ2) is 6.34. The average Bonchev–Trinajstić information content (AvgIpc) is 2.36. The highest BCUT2D eigenvalue weighted by Gasteiger charge is 2.36. The zero-order valence-electron chi connectivity index (χ0n) is 10.8. The average molecular weight is 258 g/mol. The summed E-state index contributed by atoms with van der Waals surface area (Å²) < 4.78 is 9.54. The molecule has 1 saturated heterocycles. The van der Waals surface area contributed by atoms with Crippen LogP contribution < -0.4 is 5.32 Å². The summed E-state index contributed by atoms with van der Waals surface area (Å²) in [4.78, 5) is 36.0. The maximum Gasteiger partial charge on any atom is 0.396 e. The summed E-state index contributed by atoms with van der Waals surface area (Å²) in [5.41, 5.74) is 0. The number of rotatable bonds is 2. The lowest BCUT2D eigenvalue weighted by molar-refractivity contribution is -0.164. The van der Waals surface area contributed by atoms with E-state index < -0.39 is 17.9 Å². The summed E-state index contributed by atoms with van der Waals surface area (Å²) in [6, 6.07) is -0.831. The van der Waals surface area contributed by atoms with E-state index in [2.05, 4.69) is 10.1 Å². The number of esters is 1. The predicted molar refractivity (Wildman–Crippen MR) is 61.6 cm³/mol. The number of amides is 2. The summed E-state index contributed by atoms with van der Waals surface area (Å²) in [6.07, 6.45) is 0. The van der Waals surface area contributed by atoms with Crippen LogP contribution in [0.4, 0.5) is 0 Å². The van der Waals surface area contributed by atoms with Gasteiger partial charge >= 0.3 is 11.9 Å². The third-order valence-corrected chi connectivity index (χ3v) is 2.48. The molecular weight excluding hydrogens is 240 g/mol. The van der Waals surface area contributed by atoms with Crippen molar-refractivity contribution in [2.24, 2.45) is 0 Å². The van der Waals surface area contributed by atoms with Crippen LogP contribution in [-0.2, 0) is 23.9 Å². The zero-order valence-corrected chi connectivity index (χ0v) is 10.8. The molecule has 0 radical (unpaired) electrons. The molecule has 7 heteroatoms. The normalized spacial score (nSPS) is 19.6. The molecule has 0 aromatic rings. The highest BCUT2D eigenvalue weighted by Crippen LogP contribution is 2.08. The van der Waals surface area contributed by atoms with Gasteiger partial charge in [-0.3, -0.25) is 9.59 Å². The smallest absolute Gasteiger partial charge is 0.396 e. The molecular formula is C11H18N2O5. The Kier molecular flexibility index (Phi) is 5.08. The van der Waals surface area contributed by atoms with Gasteiger partial charge < -0.3 is 19.7 Å². The monoisotopic (exact) mass is 258 g/mol. The number of methoxy groups -OCH3 is 1. The largest absolute Gasteiger partial charge is 0.462 e. The van der Waals surface area contributed by atoms with Crippen molar-refractivity contribution in [1.82, 2.24) is 10.2 Å². The van der Waals surface area contributed by atoms with E-state index in [4.69, 9.17) is 4.74 Å². The fourth-order valence-corrected chi connectivity index (χ4v) is 1.65. The maximum absolute atomic E-state index is 11.9. The van der Waals surface area contributed by atoms with Crippen LogP contribution in [-0.4, -0.2) is 61.6 Å². The molecule has 102 valence electrons. The molecule has 1 aliphatic rings. The van der Waals surface area contributed by atoms with Gasteiger partial charge in [0.25, 0.3) is 0 Å². The fraction of sp³-hybridized carbons (Fsp3) is 0.727. The van der Waals surface area contributed by atoms with Crippen LogP contribution in [0.5, 0.6) is 0 Å². The molecule has 0 aliphatic carbocycles. The predicted octanol–water partition coefficient (Wildman–Crippen LogP) is -1.09. The van der Waals surface area contributed by atoms with Crippen LogP contribution in [0.3, 0.4) is 0 Å². The Morgan fingerprint density at radius 1 is 1.39 bits per heavy atom. The lowest BCUT2D eigenvalue weighted by Crippen LogP contribution is -2.58. The molecule has 1 fully saturated rings. The van der Waals surface area contributed by atoms with E-state index in [1.54, 1.807) is 0 Å². The number of hydrogen-bond donors (Lipinski definition) is 1. The highest BCUT2D eigenvalue weighted by molar-refractivity contribution is 6.32. The number of nitrogens with one attached hydrogen (secondary N) is 1. The first-order valence-electron chi connectivity index (χ1n) is 5.74. The molecule has 2 amide bonds. The van der Waals surface area contributed by atoms with Crippen molar-refractivity contribution >= 4 is 17.8 Å².